The first kappa shape index (κ1) is 12.7. The van der Waals surface area contributed by atoms with Crippen LogP contribution in [-0.2, 0) is 0 Å². The van der Waals surface area contributed by atoms with Gasteiger partial charge in [-0.1, -0.05) is 18.2 Å². The van der Waals surface area contributed by atoms with Crippen molar-refractivity contribution in [2.24, 2.45) is 5.10 Å². The number of aromatic nitrogens is 2. The van der Waals surface area contributed by atoms with Gasteiger partial charge in [0, 0.05) is 16.1 Å². The van der Waals surface area contributed by atoms with Crippen LogP contribution in [0.15, 0.2) is 64.3 Å². The third-order valence-electron chi connectivity index (χ3n) is 2.72. The summed E-state index contributed by atoms with van der Waals surface area (Å²) in [5.41, 5.74) is 4.62. The number of anilines is 1. The second-order valence-electron chi connectivity index (χ2n) is 4.16. The summed E-state index contributed by atoms with van der Waals surface area (Å²) in [7, 11) is 0. The topological polar surface area (TPSA) is 50.2 Å². The summed E-state index contributed by atoms with van der Waals surface area (Å²) in [6, 6.07) is 15.7. The first-order valence-corrected chi connectivity index (χ1v) is 6.87. The van der Waals surface area contributed by atoms with Gasteiger partial charge in [-0.3, -0.25) is 10.4 Å². The van der Waals surface area contributed by atoms with Gasteiger partial charge in [-0.05, 0) is 46.3 Å². The molecule has 1 N–H and O–H groups in total. The Morgan fingerprint density at radius 1 is 1.05 bits per heavy atom. The standard InChI is InChI=1S/C15H11BrN4/c16-12-6-7-13(17-9-12)10-18-20-15-8-5-11-3-1-2-4-14(11)19-15/h1-10H,(H,19,20)/b18-10+. The fourth-order valence-corrected chi connectivity index (χ4v) is 1.99. The molecule has 3 aromatic rings. The Bertz CT molecular complexity index is 753. The molecule has 5 heteroatoms. The van der Waals surface area contributed by atoms with E-state index in [1.807, 2.05) is 48.5 Å². The largest absolute Gasteiger partial charge is 0.261 e. The van der Waals surface area contributed by atoms with Gasteiger partial charge in [-0.15, -0.1) is 0 Å². The number of nitrogens with one attached hydrogen (secondary N) is 1. The number of hydrogen-bond acceptors (Lipinski definition) is 4. The van der Waals surface area contributed by atoms with Crippen LogP contribution in [0.4, 0.5) is 5.82 Å². The van der Waals surface area contributed by atoms with Crippen LogP contribution in [-0.4, -0.2) is 16.2 Å². The maximum atomic E-state index is 4.47. The van der Waals surface area contributed by atoms with Crippen molar-refractivity contribution in [3.63, 3.8) is 0 Å². The Morgan fingerprint density at radius 3 is 2.80 bits per heavy atom. The lowest BCUT2D eigenvalue weighted by molar-refractivity contribution is 1.24. The molecule has 98 valence electrons. The molecule has 0 spiro atoms. The lowest BCUT2D eigenvalue weighted by Gasteiger charge is -2.01. The van der Waals surface area contributed by atoms with E-state index in [4.69, 9.17) is 0 Å². The summed E-state index contributed by atoms with van der Waals surface area (Å²) in [5, 5.41) is 5.24. The molecule has 3 rings (SSSR count). The fraction of sp³-hybridized carbons (Fsp3) is 0. The minimum absolute atomic E-state index is 0.706. The highest BCUT2D eigenvalue weighted by Crippen LogP contribution is 2.14. The van der Waals surface area contributed by atoms with E-state index in [-0.39, 0.29) is 0 Å². The van der Waals surface area contributed by atoms with Gasteiger partial charge in [0.15, 0.2) is 0 Å². The molecule has 20 heavy (non-hydrogen) atoms. The molecule has 0 fully saturated rings. The van der Waals surface area contributed by atoms with Crippen LogP contribution < -0.4 is 5.43 Å². The lowest BCUT2D eigenvalue weighted by atomic mass is 10.2. The van der Waals surface area contributed by atoms with Crippen molar-refractivity contribution in [1.29, 1.82) is 0 Å². The number of para-hydroxylation sites is 1. The van der Waals surface area contributed by atoms with Gasteiger partial charge in [-0.2, -0.15) is 5.10 Å². The number of hydrazone groups is 1. The molecule has 0 radical (unpaired) electrons. The summed E-state index contributed by atoms with van der Waals surface area (Å²) in [4.78, 5) is 8.67. The van der Waals surface area contributed by atoms with Crippen molar-refractivity contribution in [1.82, 2.24) is 9.97 Å². The SMILES string of the molecule is Brc1ccc(/C=N/Nc2ccc3ccccc3n2)nc1. The minimum Gasteiger partial charge on any atom is -0.261 e. The predicted octanol–water partition coefficient (Wildman–Crippen LogP) is 3.84. The van der Waals surface area contributed by atoms with Gasteiger partial charge >= 0.3 is 0 Å². The Kier molecular flexibility index (Phi) is 3.69. The van der Waals surface area contributed by atoms with Gasteiger partial charge in [0.1, 0.15) is 5.82 Å². The van der Waals surface area contributed by atoms with Crippen LogP contribution in [0, 0.1) is 0 Å². The number of fused-ring (bicyclic) bond motifs is 1. The molecule has 0 atom stereocenters. The van der Waals surface area contributed by atoms with Crippen LogP contribution in [0.2, 0.25) is 0 Å². The molecule has 2 heterocycles. The number of benzene rings is 1. The van der Waals surface area contributed by atoms with Crippen molar-refractivity contribution in [3.8, 4) is 0 Å². The molecule has 0 saturated heterocycles. The normalized spacial score (nSPS) is 11.1. The monoisotopic (exact) mass is 326 g/mol. The second kappa shape index (κ2) is 5.79. The molecule has 1 aromatic carbocycles. The maximum Gasteiger partial charge on any atom is 0.146 e. The average Bonchev–Trinajstić information content (AvgIpc) is 2.49. The first-order valence-electron chi connectivity index (χ1n) is 6.08. The predicted molar refractivity (Wildman–Crippen MR) is 84.9 cm³/mol. The van der Waals surface area contributed by atoms with E-state index in [1.54, 1.807) is 12.4 Å². The van der Waals surface area contributed by atoms with E-state index in [1.165, 1.54) is 0 Å². The Labute approximate surface area is 124 Å². The molecule has 0 aliphatic carbocycles. The van der Waals surface area contributed by atoms with Gasteiger partial charge in [0.2, 0.25) is 0 Å². The van der Waals surface area contributed by atoms with Crippen LogP contribution in [0.5, 0.6) is 0 Å². The maximum absolute atomic E-state index is 4.47. The number of hydrogen-bond donors (Lipinski definition) is 1. The van der Waals surface area contributed by atoms with E-state index < -0.39 is 0 Å². The zero-order chi connectivity index (χ0) is 13.8. The number of nitrogens with zero attached hydrogens (tertiary/aromatic N) is 3. The van der Waals surface area contributed by atoms with Crippen molar-refractivity contribution in [3.05, 3.63) is 64.9 Å². The minimum atomic E-state index is 0.706. The van der Waals surface area contributed by atoms with Crippen LogP contribution in [0.3, 0.4) is 0 Å². The van der Waals surface area contributed by atoms with Gasteiger partial charge in [-0.25, -0.2) is 4.98 Å². The summed E-state index contributed by atoms with van der Waals surface area (Å²) in [6.07, 6.45) is 3.39. The third kappa shape index (κ3) is 3.00. The van der Waals surface area contributed by atoms with Gasteiger partial charge in [0.25, 0.3) is 0 Å². The van der Waals surface area contributed by atoms with E-state index in [2.05, 4.69) is 36.4 Å². The summed E-state index contributed by atoms with van der Waals surface area (Å²) in [5.74, 6) is 0.706. The molecule has 2 aromatic heterocycles. The van der Waals surface area contributed by atoms with E-state index in [9.17, 15) is 0 Å². The molecular weight excluding hydrogens is 316 g/mol. The van der Waals surface area contributed by atoms with E-state index in [0.29, 0.717) is 5.82 Å². The zero-order valence-corrected chi connectivity index (χ0v) is 12.1. The fourth-order valence-electron chi connectivity index (χ4n) is 1.76. The highest BCUT2D eigenvalue weighted by molar-refractivity contribution is 9.10. The number of pyridine rings is 2. The number of halogens is 1. The van der Waals surface area contributed by atoms with Crippen LogP contribution in [0.1, 0.15) is 5.69 Å². The van der Waals surface area contributed by atoms with Crippen LogP contribution >= 0.6 is 15.9 Å². The highest BCUT2D eigenvalue weighted by atomic mass is 79.9. The molecular formula is C15H11BrN4. The molecule has 0 bridgehead atoms. The van der Waals surface area contributed by atoms with Crippen molar-refractivity contribution >= 4 is 38.9 Å². The van der Waals surface area contributed by atoms with E-state index in [0.717, 1.165) is 21.1 Å². The third-order valence-corrected chi connectivity index (χ3v) is 3.19. The second-order valence-corrected chi connectivity index (χ2v) is 5.08. The summed E-state index contributed by atoms with van der Waals surface area (Å²) >= 11 is 3.34. The Morgan fingerprint density at radius 2 is 1.95 bits per heavy atom. The molecule has 4 nitrogen and oxygen atoms in total. The van der Waals surface area contributed by atoms with Crippen LogP contribution in [0.25, 0.3) is 10.9 Å². The highest BCUT2D eigenvalue weighted by Gasteiger charge is 1.96. The quantitative estimate of drug-likeness (QED) is 0.587. The molecule has 0 amide bonds. The first-order chi connectivity index (χ1) is 9.81. The zero-order valence-electron chi connectivity index (χ0n) is 10.5. The summed E-state index contributed by atoms with van der Waals surface area (Å²) in [6.45, 7) is 0. The van der Waals surface area contributed by atoms with Gasteiger partial charge < -0.3 is 0 Å². The molecule has 0 saturated carbocycles. The Balaban J connectivity index is 1.74. The van der Waals surface area contributed by atoms with E-state index >= 15 is 0 Å². The molecule has 0 aliphatic heterocycles. The lowest BCUT2D eigenvalue weighted by Crippen LogP contribution is -1.94. The van der Waals surface area contributed by atoms with Crippen molar-refractivity contribution in [2.45, 2.75) is 0 Å². The molecule has 0 unspecified atom stereocenters. The Hall–Kier alpha value is -2.27. The smallest absolute Gasteiger partial charge is 0.146 e. The molecule has 0 aliphatic rings. The van der Waals surface area contributed by atoms with Gasteiger partial charge in [0.05, 0.1) is 17.4 Å². The number of rotatable bonds is 3. The van der Waals surface area contributed by atoms with Crippen molar-refractivity contribution < 1.29 is 0 Å². The summed E-state index contributed by atoms with van der Waals surface area (Å²) < 4.78 is 0.943. The van der Waals surface area contributed by atoms with Crippen molar-refractivity contribution in [2.75, 3.05) is 5.43 Å². The average molecular weight is 327 g/mol.